The summed E-state index contributed by atoms with van der Waals surface area (Å²) in [5.74, 6) is 1.31. The molecule has 1 atom stereocenters. The van der Waals surface area contributed by atoms with Gasteiger partial charge in [-0.3, -0.25) is 9.67 Å². The van der Waals surface area contributed by atoms with Crippen molar-refractivity contribution in [2.45, 2.75) is 46.4 Å². The zero-order valence-electron chi connectivity index (χ0n) is 17.0. The molecule has 2 rings (SSSR count). The molecule has 0 amide bonds. The lowest BCUT2D eigenvalue weighted by Crippen LogP contribution is -2.38. The smallest absolute Gasteiger partial charge is 0.191 e. The van der Waals surface area contributed by atoms with Gasteiger partial charge in [0.05, 0.1) is 18.8 Å². The van der Waals surface area contributed by atoms with Crippen molar-refractivity contribution >= 4 is 5.96 Å². The molecule has 1 aromatic carbocycles. The van der Waals surface area contributed by atoms with Crippen molar-refractivity contribution in [2.75, 3.05) is 20.2 Å². The molecule has 148 valence electrons. The van der Waals surface area contributed by atoms with Crippen molar-refractivity contribution in [1.82, 2.24) is 20.4 Å². The Balaban J connectivity index is 1.76. The Bertz CT molecular complexity index is 681. The van der Waals surface area contributed by atoms with Gasteiger partial charge in [0.15, 0.2) is 5.96 Å². The Morgan fingerprint density at radius 3 is 2.63 bits per heavy atom. The number of rotatable bonds is 10. The molecule has 2 aromatic rings. The van der Waals surface area contributed by atoms with Gasteiger partial charge in [0, 0.05) is 38.5 Å². The first-order chi connectivity index (χ1) is 13.1. The molecule has 0 aliphatic heterocycles. The molecule has 6 nitrogen and oxygen atoms in total. The molecule has 2 N–H and O–H groups in total. The van der Waals surface area contributed by atoms with E-state index in [1.165, 1.54) is 5.56 Å². The van der Waals surface area contributed by atoms with Crippen LogP contribution in [0.3, 0.4) is 0 Å². The fourth-order valence-corrected chi connectivity index (χ4v) is 2.92. The standard InChI is InChI=1S/C21H33N5O/c1-5-27-20(17(2)3)11-12-23-21(22-4)24-13-19-14-25-26(16-19)15-18-9-7-6-8-10-18/h6-10,14,16-17,20H,5,11-13,15H2,1-4H3,(H2,22,23,24). The van der Waals surface area contributed by atoms with Crippen molar-refractivity contribution in [3.63, 3.8) is 0 Å². The second kappa shape index (κ2) is 11.4. The van der Waals surface area contributed by atoms with Crippen molar-refractivity contribution < 1.29 is 4.74 Å². The number of nitrogens with one attached hydrogen (secondary N) is 2. The van der Waals surface area contributed by atoms with E-state index < -0.39 is 0 Å². The van der Waals surface area contributed by atoms with E-state index >= 15 is 0 Å². The van der Waals surface area contributed by atoms with Gasteiger partial charge in [0.25, 0.3) is 0 Å². The van der Waals surface area contributed by atoms with Crippen LogP contribution >= 0.6 is 0 Å². The molecule has 1 unspecified atom stereocenters. The molecule has 0 saturated carbocycles. The van der Waals surface area contributed by atoms with Crippen LogP contribution in [-0.2, 0) is 17.8 Å². The predicted octanol–water partition coefficient (Wildman–Crippen LogP) is 3.05. The maximum atomic E-state index is 5.79. The first-order valence-electron chi connectivity index (χ1n) is 9.73. The Labute approximate surface area is 163 Å². The van der Waals surface area contributed by atoms with Gasteiger partial charge in [-0.1, -0.05) is 44.2 Å². The van der Waals surface area contributed by atoms with Crippen LogP contribution in [0.2, 0.25) is 0 Å². The highest BCUT2D eigenvalue weighted by molar-refractivity contribution is 5.79. The molecule has 6 heteroatoms. The molecule has 1 aromatic heterocycles. The Morgan fingerprint density at radius 2 is 1.96 bits per heavy atom. The molecule has 1 heterocycles. The number of ether oxygens (including phenoxy) is 1. The van der Waals surface area contributed by atoms with Gasteiger partial charge in [0.1, 0.15) is 0 Å². The molecule has 0 spiro atoms. The average Bonchev–Trinajstić information content (AvgIpc) is 3.11. The number of nitrogens with zero attached hydrogens (tertiary/aromatic N) is 3. The highest BCUT2D eigenvalue weighted by atomic mass is 16.5. The highest BCUT2D eigenvalue weighted by Gasteiger charge is 2.13. The molecule has 0 fully saturated rings. The summed E-state index contributed by atoms with van der Waals surface area (Å²) in [7, 11) is 1.79. The molecule has 0 bridgehead atoms. The van der Waals surface area contributed by atoms with Crippen LogP contribution < -0.4 is 10.6 Å². The zero-order valence-corrected chi connectivity index (χ0v) is 17.0. The van der Waals surface area contributed by atoms with Gasteiger partial charge in [-0.25, -0.2) is 0 Å². The monoisotopic (exact) mass is 371 g/mol. The van der Waals surface area contributed by atoms with E-state index in [1.54, 1.807) is 7.05 Å². The summed E-state index contributed by atoms with van der Waals surface area (Å²) in [5, 5.41) is 11.1. The number of hydrogen-bond donors (Lipinski definition) is 2. The largest absolute Gasteiger partial charge is 0.378 e. The summed E-state index contributed by atoms with van der Waals surface area (Å²) in [6.07, 6.45) is 5.20. The SMILES string of the molecule is CCOC(CCNC(=NC)NCc1cnn(Cc2ccccc2)c1)C(C)C. The summed E-state index contributed by atoms with van der Waals surface area (Å²) >= 11 is 0. The second-order valence-electron chi connectivity index (χ2n) is 6.91. The maximum Gasteiger partial charge on any atom is 0.191 e. The average molecular weight is 372 g/mol. The Hall–Kier alpha value is -2.34. The van der Waals surface area contributed by atoms with Crippen LogP contribution in [0.4, 0.5) is 0 Å². The minimum absolute atomic E-state index is 0.275. The van der Waals surface area contributed by atoms with Gasteiger partial charge in [-0.05, 0) is 24.8 Å². The number of aromatic nitrogens is 2. The lowest BCUT2D eigenvalue weighted by molar-refractivity contribution is 0.0258. The van der Waals surface area contributed by atoms with Gasteiger partial charge < -0.3 is 15.4 Å². The normalized spacial score (nSPS) is 13.0. The quantitative estimate of drug-likeness (QED) is 0.498. The lowest BCUT2D eigenvalue weighted by atomic mass is 10.0. The van der Waals surface area contributed by atoms with Crippen LogP contribution in [0.5, 0.6) is 0 Å². The first kappa shape index (κ1) is 21.0. The van der Waals surface area contributed by atoms with E-state index in [0.717, 1.165) is 37.6 Å². The van der Waals surface area contributed by atoms with E-state index in [0.29, 0.717) is 12.5 Å². The van der Waals surface area contributed by atoms with Crippen LogP contribution in [0, 0.1) is 5.92 Å². The molecule has 0 saturated heterocycles. The maximum absolute atomic E-state index is 5.79. The van der Waals surface area contributed by atoms with E-state index in [1.807, 2.05) is 36.0 Å². The summed E-state index contributed by atoms with van der Waals surface area (Å²) in [6, 6.07) is 10.3. The molecule has 27 heavy (non-hydrogen) atoms. The number of guanidine groups is 1. The number of aliphatic imine (C=N–C) groups is 1. The molecule has 0 radical (unpaired) electrons. The van der Waals surface area contributed by atoms with Crippen LogP contribution in [0.1, 0.15) is 38.3 Å². The molecule has 0 aliphatic carbocycles. The number of hydrogen-bond acceptors (Lipinski definition) is 3. The second-order valence-corrected chi connectivity index (χ2v) is 6.91. The third-order valence-corrected chi connectivity index (χ3v) is 4.40. The van der Waals surface area contributed by atoms with Gasteiger partial charge in [-0.15, -0.1) is 0 Å². The first-order valence-corrected chi connectivity index (χ1v) is 9.73. The van der Waals surface area contributed by atoms with Crippen molar-refractivity contribution in [1.29, 1.82) is 0 Å². The summed E-state index contributed by atoms with van der Waals surface area (Å²) in [6.45, 7) is 9.48. The zero-order chi connectivity index (χ0) is 19.5. The summed E-state index contributed by atoms with van der Waals surface area (Å²) in [5.41, 5.74) is 2.37. The number of benzene rings is 1. The third kappa shape index (κ3) is 7.43. The van der Waals surface area contributed by atoms with E-state index in [2.05, 4.69) is 52.9 Å². The minimum Gasteiger partial charge on any atom is -0.378 e. The third-order valence-electron chi connectivity index (χ3n) is 4.40. The topological polar surface area (TPSA) is 63.5 Å². The Morgan fingerprint density at radius 1 is 1.19 bits per heavy atom. The molecular formula is C21H33N5O. The lowest BCUT2D eigenvalue weighted by Gasteiger charge is -2.21. The van der Waals surface area contributed by atoms with Crippen LogP contribution in [-0.4, -0.2) is 42.0 Å². The molecular weight excluding hydrogens is 338 g/mol. The summed E-state index contributed by atoms with van der Waals surface area (Å²) in [4.78, 5) is 4.29. The van der Waals surface area contributed by atoms with E-state index in [-0.39, 0.29) is 6.10 Å². The van der Waals surface area contributed by atoms with Crippen molar-refractivity contribution in [2.24, 2.45) is 10.9 Å². The molecule has 0 aliphatic rings. The minimum atomic E-state index is 0.275. The predicted molar refractivity (Wildman–Crippen MR) is 111 cm³/mol. The van der Waals surface area contributed by atoms with Gasteiger partial charge in [-0.2, -0.15) is 5.10 Å². The van der Waals surface area contributed by atoms with Gasteiger partial charge >= 0.3 is 0 Å². The van der Waals surface area contributed by atoms with Crippen molar-refractivity contribution in [3.8, 4) is 0 Å². The highest BCUT2D eigenvalue weighted by Crippen LogP contribution is 2.10. The van der Waals surface area contributed by atoms with Gasteiger partial charge in [0.2, 0.25) is 0 Å². The summed E-state index contributed by atoms with van der Waals surface area (Å²) < 4.78 is 7.74. The van der Waals surface area contributed by atoms with E-state index in [4.69, 9.17) is 4.74 Å². The van der Waals surface area contributed by atoms with Crippen LogP contribution in [0.25, 0.3) is 0 Å². The fraction of sp³-hybridized carbons (Fsp3) is 0.524. The fourth-order valence-electron chi connectivity index (χ4n) is 2.92. The van der Waals surface area contributed by atoms with Crippen LogP contribution in [0.15, 0.2) is 47.7 Å². The van der Waals surface area contributed by atoms with E-state index in [9.17, 15) is 0 Å². The Kier molecular flexibility index (Phi) is 8.84. The van der Waals surface area contributed by atoms with Crippen molar-refractivity contribution in [3.05, 3.63) is 53.9 Å².